The fourth-order valence-electron chi connectivity index (χ4n) is 8.22. The van der Waals surface area contributed by atoms with Crippen LogP contribution in [0.15, 0.2) is 170 Å². The summed E-state index contributed by atoms with van der Waals surface area (Å²) in [5.74, 6) is 0.943. The van der Waals surface area contributed by atoms with E-state index < -0.39 is 5.41 Å². The van der Waals surface area contributed by atoms with Crippen LogP contribution >= 0.6 is 0 Å². The highest BCUT2D eigenvalue weighted by molar-refractivity contribution is 5.94. The first-order valence-corrected chi connectivity index (χ1v) is 16.6. The molecule has 0 saturated heterocycles. The van der Waals surface area contributed by atoms with Crippen LogP contribution in [0.1, 0.15) is 33.4 Å². The molecular weight excluding hydrogens is 581 g/mol. The molecule has 1 spiro atoms. The second-order valence-corrected chi connectivity index (χ2v) is 12.7. The average Bonchev–Trinajstić information content (AvgIpc) is 3.63. The minimum atomic E-state index is -0.413. The topological polar surface area (TPSA) is 17.8 Å². The van der Waals surface area contributed by atoms with E-state index in [4.69, 9.17) is 4.98 Å². The molecule has 0 bridgehead atoms. The fourth-order valence-corrected chi connectivity index (χ4v) is 8.22. The Morgan fingerprint density at radius 2 is 0.979 bits per heavy atom. The van der Waals surface area contributed by atoms with Crippen molar-refractivity contribution in [2.45, 2.75) is 5.41 Å². The molecule has 0 aliphatic heterocycles. The smallest absolute Gasteiger partial charge is 0.145 e. The average molecular weight is 611 g/mol. The molecule has 0 fully saturated rings. The third-order valence-electron chi connectivity index (χ3n) is 10.3. The van der Waals surface area contributed by atoms with E-state index in [9.17, 15) is 0 Å². The first-order valence-electron chi connectivity index (χ1n) is 16.6. The predicted octanol–water partition coefficient (Wildman–Crippen LogP) is 11.2. The van der Waals surface area contributed by atoms with Crippen LogP contribution in [0, 0.1) is 0 Å². The molecular formula is C46H30N2. The second kappa shape index (κ2) is 10.4. The summed E-state index contributed by atoms with van der Waals surface area (Å²) in [4.78, 5) is 5.24. The lowest BCUT2D eigenvalue weighted by Crippen LogP contribution is -2.29. The molecule has 224 valence electrons. The summed E-state index contributed by atoms with van der Waals surface area (Å²) in [5.41, 5.74) is 16.6. The Bertz CT molecular complexity index is 2500. The van der Waals surface area contributed by atoms with Gasteiger partial charge in [-0.15, -0.1) is 0 Å². The number of fused-ring (bicyclic) bond motifs is 10. The van der Waals surface area contributed by atoms with Crippen molar-refractivity contribution in [3.63, 3.8) is 0 Å². The molecule has 2 heteroatoms. The van der Waals surface area contributed by atoms with Crippen LogP contribution in [0.4, 0.5) is 0 Å². The zero-order chi connectivity index (χ0) is 31.7. The van der Waals surface area contributed by atoms with Gasteiger partial charge in [0.05, 0.1) is 16.4 Å². The summed E-state index contributed by atoms with van der Waals surface area (Å²) in [6, 6.07) is 61.6. The minimum Gasteiger partial charge on any atom is -0.292 e. The van der Waals surface area contributed by atoms with E-state index >= 15 is 0 Å². The lowest BCUT2D eigenvalue weighted by atomic mass is 9.66. The van der Waals surface area contributed by atoms with E-state index in [-0.39, 0.29) is 0 Å². The Morgan fingerprint density at radius 3 is 1.71 bits per heavy atom. The largest absolute Gasteiger partial charge is 0.292 e. The van der Waals surface area contributed by atoms with E-state index in [2.05, 4.69) is 187 Å². The number of rotatable bonds is 3. The van der Waals surface area contributed by atoms with Gasteiger partial charge in [-0.2, -0.15) is 0 Å². The van der Waals surface area contributed by atoms with Crippen LogP contribution in [0.3, 0.4) is 0 Å². The number of aromatic nitrogens is 2. The van der Waals surface area contributed by atoms with Crippen LogP contribution < -0.4 is 0 Å². The Labute approximate surface area is 279 Å². The number of para-hydroxylation sites is 1. The van der Waals surface area contributed by atoms with Crippen molar-refractivity contribution in [1.29, 1.82) is 0 Å². The lowest BCUT2D eigenvalue weighted by molar-refractivity contribution is 0.766. The SMILES string of the molecule is C1=Cc2ccccc2C2(c3ccccc31)c1ccccc1-c1cc(-c3ccc4c(c3)nc(-c3ccccc3)n4-c3ccccc3)ccc12. The van der Waals surface area contributed by atoms with Crippen molar-refractivity contribution in [2.75, 3.05) is 0 Å². The zero-order valence-electron chi connectivity index (χ0n) is 26.2. The van der Waals surface area contributed by atoms with Gasteiger partial charge in [0, 0.05) is 11.3 Å². The van der Waals surface area contributed by atoms with Crippen molar-refractivity contribution in [1.82, 2.24) is 9.55 Å². The van der Waals surface area contributed by atoms with Gasteiger partial charge < -0.3 is 0 Å². The third-order valence-corrected chi connectivity index (χ3v) is 10.3. The summed E-state index contributed by atoms with van der Waals surface area (Å²) in [7, 11) is 0. The van der Waals surface area contributed by atoms with Crippen molar-refractivity contribution in [2.24, 2.45) is 0 Å². The molecule has 0 N–H and O–H groups in total. The van der Waals surface area contributed by atoms with E-state index in [0.717, 1.165) is 33.7 Å². The predicted molar refractivity (Wildman–Crippen MR) is 198 cm³/mol. The molecule has 2 aliphatic rings. The highest BCUT2D eigenvalue weighted by Crippen LogP contribution is 2.58. The summed E-state index contributed by atoms with van der Waals surface area (Å²) < 4.78 is 2.27. The van der Waals surface area contributed by atoms with Gasteiger partial charge in [-0.05, 0) is 86.0 Å². The molecule has 48 heavy (non-hydrogen) atoms. The van der Waals surface area contributed by atoms with Crippen molar-refractivity contribution in [3.8, 4) is 39.3 Å². The molecule has 1 heterocycles. The van der Waals surface area contributed by atoms with Gasteiger partial charge in [0.15, 0.2) is 0 Å². The lowest BCUT2D eigenvalue weighted by Gasteiger charge is -2.35. The van der Waals surface area contributed by atoms with Gasteiger partial charge in [-0.1, -0.05) is 152 Å². The van der Waals surface area contributed by atoms with Gasteiger partial charge in [0.2, 0.25) is 0 Å². The molecule has 1 aromatic heterocycles. The number of hydrogen-bond acceptors (Lipinski definition) is 1. The van der Waals surface area contributed by atoms with Crippen LogP contribution in [-0.4, -0.2) is 9.55 Å². The van der Waals surface area contributed by atoms with Gasteiger partial charge in [-0.25, -0.2) is 4.98 Å². The summed E-state index contributed by atoms with van der Waals surface area (Å²) in [6.45, 7) is 0. The third kappa shape index (κ3) is 3.77. The Morgan fingerprint density at radius 1 is 0.417 bits per heavy atom. The van der Waals surface area contributed by atoms with E-state index in [1.165, 1.54) is 50.1 Å². The minimum absolute atomic E-state index is 0.413. The quantitative estimate of drug-likeness (QED) is 0.195. The van der Waals surface area contributed by atoms with Gasteiger partial charge in [-0.3, -0.25) is 4.57 Å². The highest BCUT2D eigenvalue weighted by Gasteiger charge is 2.48. The van der Waals surface area contributed by atoms with Crippen LogP contribution in [-0.2, 0) is 5.41 Å². The number of nitrogens with zero attached hydrogens (tertiary/aromatic N) is 2. The molecule has 0 radical (unpaired) electrons. The number of benzene rings is 7. The maximum Gasteiger partial charge on any atom is 0.145 e. The second-order valence-electron chi connectivity index (χ2n) is 12.7. The fraction of sp³-hybridized carbons (Fsp3) is 0.0217. The van der Waals surface area contributed by atoms with E-state index in [0.29, 0.717) is 0 Å². The molecule has 0 unspecified atom stereocenters. The molecule has 0 amide bonds. The summed E-state index contributed by atoms with van der Waals surface area (Å²) >= 11 is 0. The van der Waals surface area contributed by atoms with E-state index in [1.807, 2.05) is 0 Å². The van der Waals surface area contributed by atoms with Gasteiger partial charge >= 0.3 is 0 Å². The van der Waals surface area contributed by atoms with Gasteiger partial charge in [0.25, 0.3) is 0 Å². The zero-order valence-corrected chi connectivity index (χ0v) is 26.2. The standard InChI is InChI=1S/C46H30N2/c1-3-15-33(16-4-1)45-47-43-30-35(26-28-44(43)48(45)36-17-5-2-6-18-36)34-25-27-42-38(29-34)37-19-9-12-22-41(37)46(42)39-20-10-7-13-31(39)23-24-32-14-8-11-21-40(32)46/h1-30H. The molecule has 10 rings (SSSR count). The summed E-state index contributed by atoms with van der Waals surface area (Å²) in [6.07, 6.45) is 4.57. The van der Waals surface area contributed by atoms with Crippen molar-refractivity contribution >= 4 is 23.2 Å². The Hall–Kier alpha value is -6.25. The van der Waals surface area contributed by atoms with Gasteiger partial charge in [0.1, 0.15) is 5.82 Å². The molecule has 2 nitrogen and oxygen atoms in total. The highest BCUT2D eigenvalue weighted by atomic mass is 15.1. The molecule has 0 saturated carbocycles. The van der Waals surface area contributed by atoms with Crippen LogP contribution in [0.25, 0.3) is 62.5 Å². The summed E-state index contributed by atoms with van der Waals surface area (Å²) in [5, 5.41) is 0. The molecule has 8 aromatic rings. The molecule has 0 atom stereocenters. The maximum atomic E-state index is 5.24. The first-order chi connectivity index (χ1) is 23.8. The maximum absolute atomic E-state index is 5.24. The normalized spacial score (nSPS) is 13.5. The Balaban J connectivity index is 1.19. The van der Waals surface area contributed by atoms with Crippen LogP contribution in [0.5, 0.6) is 0 Å². The van der Waals surface area contributed by atoms with E-state index in [1.54, 1.807) is 0 Å². The number of imidazole rings is 1. The monoisotopic (exact) mass is 610 g/mol. The molecule has 2 aliphatic carbocycles. The van der Waals surface area contributed by atoms with Crippen molar-refractivity contribution < 1.29 is 0 Å². The van der Waals surface area contributed by atoms with Crippen LogP contribution in [0.2, 0.25) is 0 Å². The first kappa shape index (κ1) is 26.9. The number of hydrogen-bond donors (Lipinski definition) is 0. The Kier molecular flexibility index (Phi) is 5.82. The van der Waals surface area contributed by atoms with Crippen molar-refractivity contribution in [3.05, 3.63) is 203 Å². The molecule has 7 aromatic carbocycles.